The minimum absolute atomic E-state index is 0.146. The van der Waals surface area contributed by atoms with Crippen LogP contribution in [0.4, 0.5) is 4.39 Å². The highest BCUT2D eigenvalue weighted by Crippen LogP contribution is 2.16. The van der Waals surface area contributed by atoms with Gasteiger partial charge in [-0.25, -0.2) is 4.39 Å². The lowest BCUT2D eigenvalue weighted by Crippen LogP contribution is -2.34. The van der Waals surface area contributed by atoms with Gasteiger partial charge in [0.2, 0.25) is 0 Å². The Labute approximate surface area is 107 Å². The third-order valence-corrected chi connectivity index (χ3v) is 3.09. The first-order valence-electron chi connectivity index (χ1n) is 5.82. The first kappa shape index (κ1) is 14.4. The van der Waals surface area contributed by atoms with Crippen LogP contribution in [0.25, 0.3) is 0 Å². The standard InChI is InChI=1S/C13H19ClFNO/c1-9(2)13(5-6-17)16-8-10-3-4-12(15)11(14)7-10/h3-4,7,9,13,16-17H,5-6,8H2,1-2H3. The van der Waals surface area contributed by atoms with E-state index in [2.05, 4.69) is 19.2 Å². The summed E-state index contributed by atoms with van der Waals surface area (Å²) in [5.41, 5.74) is 0.944. The second kappa shape index (κ2) is 6.94. The molecule has 1 aromatic carbocycles. The zero-order valence-electron chi connectivity index (χ0n) is 10.2. The Kier molecular flexibility index (Phi) is 5.89. The molecule has 2 nitrogen and oxygen atoms in total. The van der Waals surface area contributed by atoms with E-state index in [1.807, 2.05) is 0 Å². The van der Waals surface area contributed by atoms with E-state index in [-0.39, 0.29) is 17.7 Å². The van der Waals surface area contributed by atoms with Gasteiger partial charge in [-0.15, -0.1) is 0 Å². The van der Waals surface area contributed by atoms with Crippen LogP contribution >= 0.6 is 11.6 Å². The molecule has 1 aromatic rings. The number of aliphatic hydroxyl groups is 1. The fraction of sp³-hybridized carbons (Fsp3) is 0.538. The third-order valence-electron chi connectivity index (χ3n) is 2.80. The predicted octanol–water partition coefficient (Wildman–Crippen LogP) is 2.98. The fourth-order valence-corrected chi connectivity index (χ4v) is 1.91. The monoisotopic (exact) mass is 259 g/mol. The molecule has 0 aliphatic rings. The van der Waals surface area contributed by atoms with Crippen molar-refractivity contribution >= 4 is 11.6 Å². The first-order chi connectivity index (χ1) is 8.04. The highest BCUT2D eigenvalue weighted by molar-refractivity contribution is 6.30. The molecule has 0 fully saturated rings. The molecule has 1 atom stereocenters. The highest BCUT2D eigenvalue weighted by atomic mass is 35.5. The van der Waals surface area contributed by atoms with Gasteiger partial charge in [-0.3, -0.25) is 0 Å². The van der Waals surface area contributed by atoms with Crippen LogP contribution in [-0.2, 0) is 6.54 Å². The van der Waals surface area contributed by atoms with Gasteiger partial charge in [0.15, 0.2) is 0 Å². The molecule has 0 aromatic heterocycles. The summed E-state index contributed by atoms with van der Waals surface area (Å²) in [5, 5.41) is 12.4. The van der Waals surface area contributed by atoms with Crippen molar-refractivity contribution in [3.8, 4) is 0 Å². The Hall–Kier alpha value is -0.640. The zero-order chi connectivity index (χ0) is 12.8. The van der Waals surface area contributed by atoms with E-state index >= 15 is 0 Å². The molecule has 17 heavy (non-hydrogen) atoms. The van der Waals surface area contributed by atoms with Gasteiger partial charge in [0, 0.05) is 19.2 Å². The lowest BCUT2D eigenvalue weighted by molar-refractivity contribution is 0.244. The molecule has 1 unspecified atom stereocenters. The minimum atomic E-state index is -0.397. The zero-order valence-corrected chi connectivity index (χ0v) is 11.0. The molecule has 0 saturated heterocycles. The Balaban J connectivity index is 2.56. The predicted molar refractivity (Wildman–Crippen MR) is 68.6 cm³/mol. The van der Waals surface area contributed by atoms with Crippen LogP contribution in [0.3, 0.4) is 0 Å². The Morgan fingerprint density at radius 1 is 1.41 bits per heavy atom. The van der Waals surface area contributed by atoms with Crippen LogP contribution in [0.2, 0.25) is 5.02 Å². The van der Waals surface area contributed by atoms with Crippen molar-refractivity contribution in [1.82, 2.24) is 5.32 Å². The number of hydrogen-bond acceptors (Lipinski definition) is 2. The molecule has 1 rings (SSSR count). The number of rotatable bonds is 6. The Morgan fingerprint density at radius 2 is 2.12 bits per heavy atom. The number of aliphatic hydroxyl groups excluding tert-OH is 1. The molecular weight excluding hydrogens is 241 g/mol. The van der Waals surface area contributed by atoms with Crippen molar-refractivity contribution in [3.05, 3.63) is 34.6 Å². The van der Waals surface area contributed by atoms with Gasteiger partial charge < -0.3 is 10.4 Å². The van der Waals surface area contributed by atoms with Gasteiger partial charge in [0.05, 0.1) is 5.02 Å². The second-order valence-electron chi connectivity index (χ2n) is 4.49. The SMILES string of the molecule is CC(C)C(CCO)NCc1ccc(F)c(Cl)c1. The van der Waals surface area contributed by atoms with E-state index in [9.17, 15) is 4.39 Å². The van der Waals surface area contributed by atoms with Crippen LogP contribution in [0.1, 0.15) is 25.8 Å². The molecule has 0 bridgehead atoms. The van der Waals surface area contributed by atoms with Crippen molar-refractivity contribution in [1.29, 1.82) is 0 Å². The number of halogens is 2. The van der Waals surface area contributed by atoms with E-state index in [0.29, 0.717) is 18.9 Å². The van der Waals surface area contributed by atoms with Gasteiger partial charge in [0.1, 0.15) is 5.82 Å². The molecule has 0 aliphatic heterocycles. The number of nitrogens with one attached hydrogen (secondary N) is 1. The quantitative estimate of drug-likeness (QED) is 0.823. The Bertz CT molecular complexity index is 357. The molecule has 0 saturated carbocycles. The normalized spacial score (nSPS) is 13.1. The van der Waals surface area contributed by atoms with Crippen molar-refractivity contribution < 1.29 is 9.50 Å². The summed E-state index contributed by atoms with van der Waals surface area (Å²) in [6.45, 7) is 5.00. The summed E-state index contributed by atoms with van der Waals surface area (Å²) in [5.74, 6) is 0.0456. The molecule has 0 radical (unpaired) electrons. The lowest BCUT2D eigenvalue weighted by atomic mass is 10.0. The third kappa shape index (κ3) is 4.62. The number of hydrogen-bond donors (Lipinski definition) is 2. The molecule has 0 aliphatic carbocycles. The highest BCUT2D eigenvalue weighted by Gasteiger charge is 2.12. The van der Waals surface area contributed by atoms with Crippen LogP contribution in [0.5, 0.6) is 0 Å². The number of benzene rings is 1. The van der Waals surface area contributed by atoms with Gasteiger partial charge in [-0.1, -0.05) is 31.5 Å². The molecule has 2 N–H and O–H groups in total. The van der Waals surface area contributed by atoms with Crippen LogP contribution < -0.4 is 5.32 Å². The van der Waals surface area contributed by atoms with Crippen LogP contribution in [0, 0.1) is 11.7 Å². The maximum Gasteiger partial charge on any atom is 0.141 e. The van der Waals surface area contributed by atoms with Gasteiger partial charge in [-0.2, -0.15) is 0 Å². The summed E-state index contributed by atoms with van der Waals surface area (Å²) >= 11 is 5.71. The molecule has 4 heteroatoms. The minimum Gasteiger partial charge on any atom is -0.396 e. The van der Waals surface area contributed by atoms with Crippen molar-refractivity contribution in [2.75, 3.05) is 6.61 Å². The smallest absolute Gasteiger partial charge is 0.141 e. The topological polar surface area (TPSA) is 32.3 Å². The fourth-order valence-electron chi connectivity index (χ4n) is 1.71. The van der Waals surface area contributed by atoms with E-state index in [1.165, 1.54) is 6.07 Å². The lowest BCUT2D eigenvalue weighted by Gasteiger charge is -2.21. The summed E-state index contributed by atoms with van der Waals surface area (Å²) in [7, 11) is 0. The summed E-state index contributed by atoms with van der Waals surface area (Å²) < 4.78 is 13.0. The van der Waals surface area contributed by atoms with E-state index in [4.69, 9.17) is 16.7 Å². The summed E-state index contributed by atoms with van der Waals surface area (Å²) in [6.07, 6.45) is 0.715. The van der Waals surface area contributed by atoms with E-state index < -0.39 is 5.82 Å². The van der Waals surface area contributed by atoms with E-state index in [1.54, 1.807) is 12.1 Å². The van der Waals surface area contributed by atoms with Crippen LogP contribution in [-0.4, -0.2) is 17.8 Å². The van der Waals surface area contributed by atoms with Gasteiger partial charge in [-0.05, 0) is 30.0 Å². The van der Waals surface area contributed by atoms with Crippen LogP contribution in [0.15, 0.2) is 18.2 Å². The van der Waals surface area contributed by atoms with E-state index in [0.717, 1.165) is 5.56 Å². The molecular formula is C13H19ClFNO. The van der Waals surface area contributed by atoms with Gasteiger partial charge in [0.25, 0.3) is 0 Å². The summed E-state index contributed by atoms with van der Waals surface area (Å²) in [6, 6.07) is 4.96. The average Bonchev–Trinajstić information content (AvgIpc) is 2.28. The average molecular weight is 260 g/mol. The first-order valence-corrected chi connectivity index (χ1v) is 6.20. The second-order valence-corrected chi connectivity index (χ2v) is 4.90. The Morgan fingerprint density at radius 3 is 2.65 bits per heavy atom. The van der Waals surface area contributed by atoms with Crippen molar-refractivity contribution in [2.45, 2.75) is 32.9 Å². The largest absolute Gasteiger partial charge is 0.396 e. The maximum absolute atomic E-state index is 13.0. The molecule has 0 amide bonds. The molecule has 0 spiro atoms. The maximum atomic E-state index is 13.0. The van der Waals surface area contributed by atoms with Crippen molar-refractivity contribution in [2.24, 2.45) is 5.92 Å². The molecule has 96 valence electrons. The summed E-state index contributed by atoms with van der Waals surface area (Å²) in [4.78, 5) is 0. The molecule has 0 heterocycles. The van der Waals surface area contributed by atoms with Crippen molar-refractivity contribution in [3.63, 3.8) is 0 Å². The van der Waals surface area contributed by atoms with Gasteiger partial charge >= 0.3 is 0 Å².